The van der Waals surface area contributed by atoms with Crippen molar-refractivity contribution >= 4 is 28.9 Å². The molecule has 0 radical (unpaired) electrons. The maximum absolute atomic E-state index is 6.24. The molecule has 100 valence electrons. The number of hydrogen-bond acceptors (Lipinski definition) is 2. The number of nitrogens with zero attached hydrogens (tertiary/aromatic N) is 2. The summed E-state index contributed by atoms with van der Waals surface area (Å²) < 4.78 is 0. The molecule has 2 rings (SSSR count). The highest BCUT2D eigenvalue weighted by atomic mass is 35.5. The minimum absolute atomic E-state index is 0.472. The zero-order chi connectivity index (χ0) is 13.1. The van der Waals surface area contributed by atoms with Crippen LogP contribution in [-0.2, 0) is 5.88 Å². The third kappa shape index (κ3) is 3.11. The second-order valence-corrected chi connectivity index (χ2v) is 5.84. The van der Waals surface area contributed by atoms with Gasteiger partial charge in [-0.3, -0.25) is 0 Å². The van der Waals surface area contributed by atoms with E-state index in [1.165, 1.54) is 18.5 Å². The number of anilines is 1. The van der Waals surface area contributed by atoms with Gasteiger partial charge in [0.05, 0.1) is 0 Å². The fourth-order valence-electron chi connectivity index (χ4n) is 2.61. The molecule has 2 nitrogen and oxygen atoms in total. The topological polar surface area (TPSA) is 6.48 Å². The summed E-state index contributed by atoms with van der Waals surface area (Å²) in [4.78, 5) is 4.71. The highest BCUT2D eigenvalue weighted by molar-refractivity contribution is 6.32. The summed E-state index contributed by atoms with van der Waals surface area (Å²) in [6, 6.07) is 6.82. The second-order valence-electron chi connectivity index (χ2n) is 5.16. The Labute approximate surface area is 119 Å². The van der Waals surface area contributed by atoms with Crippen molar-refractivity contribution in [3.05, 3.63) is 28.8 Å². The van der Waals surface area contributed by atoms with Crippen molar-refractivity contribution in [3.8, 4) is 0 Å². The van der Waals surface area contributed by atoms with Gasteiger partial charge in [0.25, 0.3) is 0 Å². The van der Waals surface area contributed by atoms with Crippen molar-refractivity contribution in [3.63, 3.8) is 0 Å². The number of benzene rings is 1. The SMILES string of the molecule is CN(C)CC1CCCN1c1ccc(CCl)c(Cl)c1. The van der Waals surface area contributed by atoms with E-state index in [0.29, 0.717) is 11.9 Å². The first-order valence-corrected chi connectivity index (χ1v) is 7.29. The van der Waals surface area contributed by atoms with Crippen LogP contribution in [0.25, 0.3) is 0 Å². The molecule has 1 aliphatic heterocycles. The van der Waals surface area contributed by atoms with Crippen LogP contribution in [0.2, 0.25) is 5.02 Å². The molecular weight excluding hydrogens is 267 g/mol. The molecule has 4 heteroatoms. The minimum Gasteiger partial charge on any atom is -0.367 e. The number of rotatable bonds is 4. The molecule has 1 saturated heterocycles. The van der Waals surface area contributed by atoms with Gasteiger partial charge in [0.1, 0.15) is 0 Å². The van der Waals surface area contributed by atoms with Crippen molar-refractivity contribution in [2.75, 3.05) is 32.1 Å². The minimum atomic E-state index is 0.472. The Hall–Kier alpha value is -0.440. The first kappa shape index (κ1) is 14.0. The van der Waals surface area contributed by atoms with E-state index in [1.54, 1.807) is 0 Å². The molecule has 18 heavy (non-hydrogen) atoms. The molecule has 0 saturated carbocycles. The van der Waals surface area contributed by atoms with Crippen LogP contribution in [0, 0.1) is 0 Å². The average Bonchev–Trinajstić information content (AvgIpc) is 2.76. The first-order valence-electron chi connectivity index (χ1n) is 6.37. The molecule has 1 aliphatic rings. The van der Waals surface area contributed by atoms with Crippen LogP contribution in [0.3, 0.4) is 0 Å². The summed E-state index contributed by atoms with van der Waals surface area (Å²) in [6.07, 6.45) is 2.51. The fraction of sp³-hybridized carbons (Fsp3) is 0.571. The van der Waals surface area contributed by atoms with Gasteiger partial charge in [-0.2, -0.15) is 0 Å². The van der Waals surface area contributed by atoms with E-state index in [4.69, 9.17) is 23.2 Å². The van der Waals surface area contributed by atoms with E-state index in [9.17, 15) is 0 Å². The molecule has 0 bridgehead atoms. The zero-order valence-electron chi connectivity index (χ0n) is 11.0. The average molecular weight is 287 g/mol. The number of halogens is 2. The van der Waals surface area contributed by atoms with Crippen molar-refractivity contribution in [2.45, 2.75) is 24.8 Å². The highest BCUT2D eigenvalue weighted by Gasteiger charge is 2.25. The summed E-state index contributed by atoms with van der Waals surface area (Å²) in [5, 5.41) is 0.776. The predicted octanol–water partition coefficient (Wildman–Crippen LogP) is 3.61. The van der Waals surface area contributed by atoms with Gasteiger partial charge in [0.2, 0.25) is 0 Å². The summed E-state index contributed by atoms with van der Waals surface area (Å²) >= 11 is 12.1. The van der Waals surface area contributed by atoms with E-state index < -0.39 is 0 Å². The van der Waals surface area contributed by atoms with Crippen molar-refractivity contribution in [2.24, 2.45) is 0 Å². The van der Waals surface area contributed by atoms with Gasteiger partial charge in [0.15, 0.2) is 0 Å². The third-order valence-corrected chi connectivity index (χ3v) is 4.11. The Balaban J connectivity index is 2.17. The smallest absolute Gasteiger partial charge is 0.0488 e. The number of alkyl halides is 1. The largest absolute Gasteiger partial charge is 0.367 e. The zero-order valence-corrected chi connectivity index (χ0v) is 12.5. The van der Waals surface area contributed by atoms with Gasteiger partial charge in [-0.25, -0.2) is 0 Å². The van der Waals surface area contributed by atoms with Crippen molar-refractivity contribution in [1.82, 2.24) is 4.90 Å². The lowest BCUT2D eigenvalue weighted by molar-refractivity contribution is 0.372. The summed E-state index contributed by atoms with van der Waals surface area (Å²) in [5.74, 6) is 0.472. The van der Waals surface area contributed by atoms with Crippen LogP contribution in [-0.4, -0.2) is 38.1 Å². The molecule has 0 aromatic heterocycles. The molecule has 1 aromatic rings. The lowest BCUT2D eigenvalue weighted by atomic mass is 10.1. The quantitative estimate of drug-likeness (QED) is 0.781. The number of likely N-dealkylation sites (N-methyl/N-ethyl adjacent to an activating group) is 1. The third-order valence-electron chi connectivity index (χ3n) is 3.47. The normalized spacial score (nSPS) is 19.8. The first-order chi connectivity index (χ1) is 8.61. The fourth-order valence-corrected chi connectivity index (χ4v) is 3.15. The molecule has 1 aromatic carbocycles. The molecule has 0 aliphatic carbocycles. The van der Waals surface area contributed by atoms with Gasteiger partial charge in [-0.1, -0.05) is 17.7 Å². The second kappa shape index (κ2) is 6.14. The van der Waals surface area contributed by atoms with Crippen molar-refractivity contribution < 1.29 is 0 Å². The lowest BCUT2D eigenvalue weighted by Crippen LogP contribution is -2.37. The van der Waals surface area contributed by atoms with Crippen LogP contribution in [0.5, 0.6) is 0 Å². The Morgan fingerprint density at radius 1 is 1.39 bits per heavy atom. The molecule has 1 heterocycles. The Morgan fingerprint density at radius 2 is 2.17 bits per heavy atom. The predicted molar refractivity (Wildman–Crippen MR) is 79.9 cm³/mol. The van der Waals surface area contributed by atoms with Gasteiger partial charge in [-0.05, 0) is 44.6 Å². The summed E-state index contributed by atoms with van der Waals surface area (Å²) in [7, 11) is 4.25. The van der Waals surface area contributed by atoms with Crippen LogP contribution in [0.1, 0.15) is 18.4 Å². The lowest BCUT2D eigenvalue weighted by Gasteiger charge is -2.29. The molecule has 0 amide bonds. The molecule has 0 N–H and O–H groups in total. The maximum Gasteiger partial charge on any atom is 0.0488 e. The summed E-state index contributed by atoms with van der Waals surface area (Å²) in [5.41, 5.74) is 2.23. The van der Waals surface area contributed by atoms with Gasteiger partial charge in [0, 0.05) is 35.7 Å². The maximum atomic E-state index is 6.24. The van der Waals surface area contributed by atoms with E-state index >= 15 is 0 Å². The standard InChI is InChI=1S/C14H20Cl2N2/c1-17(2)10-13-4-3-7-18(13)12-6-5-11(9-15)14(16)8-12/h5-6,8,13H,3-4,7,9-10H2,1-2H3. The summed E-state index contributed by atoms with van der Waals surface area (Å²) in [6.45, 7) is 2.21. The molecule has 1 atom stereocenters. The van der Waals surface area contributed by atoms with E-state index in [-0.39, 0.29) is 0 Å². The monoisotopic (exact) mass is 286 g/mol. The van der Waals surface area contributed by atoms with Gasteiger partial charge >= 0.3 is 0 Å². The molecule has 0 spiro atoms. The molecular formula is C14H20Cl2N2. The Morgan fingerprint density at radius 3 is 2.78 bits per heavy atom. The molecule has 1 unspecified atom stereocenters. The Bertz CT molecular complexity index is 407. The van der Waals surface area contributed by atoms with Gasteiger partial charge in [-0.15, -0.1) is 11.6 Å². The van der Waals surface area contributed by atoms with E-state index in [1.807, 2.05) is 12.1 Å². The van der Waals surface area contributed by atoms with Crippen LogP contribution >= 0.6 is 23.2 Å². The number of hydrogen-bond donors (Lipinski definition) is 0. The van der Waals surface area contributed by atoms with Crippen LogP contribution < -0.4 is 4.90 Å². The van der Waals surface area contributed by atoms with E-state index in [0.717, 1.165) is 23.7 Å². The van der Waals surface area contributed by atoms with Crippen LogP contribution in [0.4, 0.5) is 5.69 Å². The van der Waals surface area contributed by atoms with E-state index in [2.05, 4.69) is 30.0 Å². The van der Waals surface area contributed by atoms with Gasteiger partial charge < -0.3 is 9.80 Å². The van der Waals surface area contributed by atoms with Crippen LogP contribution in [0.15, 0.2) is 18.2 Å². The highest BCUT2D eigenvalue weighted by Crippen LogP contribution is 2.30. The van der Waals surface area contributed by atoms with Crippen molar-refractivity contribution in [1.29, 1.82) is 0 Å². The molecule has 1 fully saturated rings. The Kier molecular flexibility index (Phi) is 4.77.